The molecule has 0 radical (unpaired) electrons. The van der Waals surface area contributed by atoms with E-state index >= 15 is 0 Å². The third-order valence-corrected chi connectivity index (χ3v) is 11.1. The average Bonchev–Trinajstić information content (AvgIpc) is 2.88. The van der Waals surface area contributed by atoms with Gasteiger partial charge in [0.15, 0.2) is 20.7 Å². The van der Waals surface area contributed by atoms with Gasteiger partial charge >= 0.3 is 5.97 Å². The first kappa shape index (κ1) is 21.7. The number of rotatable bonds is 3. The van der Waals surface area contributed by atoms with Crippen LogP contribution in [-0.2, 0) is 28.2 Å². The highest BCUT2D eigenvalue weighted by Gasteiger charge is 2.54. The number of fused-ring (bicyclic) bond motifs is 2. The van der Waals surface area contributed by atoms with Crippen molar-refractivity contribution < 1.29 is 28.2 Å². The Morgan fingerprint density at radius 3 is 2.47 bits per heavy atom. The minimum atomic E-state index is -2.17. The Hall–Kier alpha value is -1.51. The second kappa shape index (κ2) is 8.20. The van der Waals surface area contributed by atoms with Gasteiger partial charge < -0.3 is 23.4 Å². The topological polar surface area (TPSA) is 63.2 Å². The van der Waals surface area contributed by atoms with Crippen molar-refractivity contribution in [3.05, 3.63) is 48.0 Å². The smallest absolute Gasteiger partial charge is 0.330 e. The molecule has 0 unspecified atom stereocenters. The molecule has 1 aromatic rings. The van der Waals surface area contributed by atoms with Crippen LogP contribution in [0.5, 0.6) is 0 Å². The van der Waals surface area contributed by atoms with Crippen molar-refractivity contribution in [1.29, 1.82) is 0 Å². The Morgan fingerprint density at radius 2 is 1.77 bits per heavy atom. The molecule has 0 saturated carbocycles. The van der Waals surface area contributed by atoms with Crippen LogP contribution in [0.2, 0.25) is 18.1 Å². The van der Waals surface area contributed by atoms with Crippen LogP contribution in [0.15, 0.2) is 42.5 Å². The Bertz CT molecular complexity index is 787. The van der Waals surface area contributed by atoms with E-state index in [1.54, 1.807) is 0 Å². The van der Waals surface area contributed by atoms with Crippen LogP contribution in [0.3, 0.4) is 0 Å². The maximum Gasteiger partial charge on any atom is 0.330 e. The molecular weight excluding hydrogens is 400 g/mol. The third kappa shape index (κ3) is 4.27. The maximum absolute atomic E-state index is 12.2. The van der Waals surface area contributed by atoms with Crippen molar-refractivity contribution in [2.45, 2.75) is 82.1 Å². The summed E-state index contributed by atoms with van der Waals surface area (Å²) >= 11 is 0. The Balaban J connectivity index is 1.65. The van der Waals surface area contributed by atoms with Crippen LogP contribution in [0.25, 0.3) is 0 Å². The van der Waals surface area contributed by atoms with Crippen molar-refractivity contribution >= 4 is 14.3 Å². The van der Waals surface area contributed by atoms with Gasteiger partial charge in [0.25, 0.3) is 0 Å². The zero-order chi connectivity index (χ0) is 21.5. The van der Waals surface area contributed by atoms with Crippen LogP contribution < -0.4 is 0 Å². The quantitative estimate of drug-likeness (QED) is 0.529. The lowest BCUT2D eigenvalue weighted by molar-refractivity contribution is -0.325. The van der Waals surface area contributed by atoms with E-state index in [4.69, 9.17) is 23.4 Å². The molecule has 0 amide bonds. The fourth-order valence-electron chi connectivity index (χ4n) is 3.89. The fourth-order valence-corrected chi connectivity index (χ4v) is 5.20. The molecule has 0 aliphatic carbocycles. The standard InChI is InChI=1S/C23H32O6Si/c1-23(2,3)30(4,5)29-21-19-16(12-9-13-18(24)27-19)26-17-14-25-22(28-20(17)21)15-10-7-6-8-11-15/h6-11,13,16-17,19-22H,12,14H2,1-5H3/t16-,17+,19-,20+,21+,22+/m0/s1. The van der Waals surface area contributed by atoms with Crippen LogP contribution >= 0.6 is 0 Å². The monoisotopic (exact) mass is 432 g/mol. The summed E-state index contributed by atoms with van der Waals surface area (Å²) < 4.78 is 31.3. The van der Waals surface area contributed by atoms with E-state index in [9.17, 15) is 4.79 Å². The predicted molar refractivity (Wildman–Crippen MR) is 114 cm³/mol. The molecule has 0 aromatic heterocycles. The number of ether oxygens (including phenoxy) is 4. The van der Waals surface area contributed by atoms with Gasteiger partial charge in [-0.05, 0) is 24.6 Å². The average molecular weight is 433 g/mol. The number of hydrogen-bond donors (Lipinski definition) is 0. The normalized spacial score (nSPS) is 34.5. The lowest BCUT2D eigenvalue weighted by Crippen LogP contribution is -2.65. The second-order valence-electron chi connectivity index (χ2n) is 9.77. The first-order valence-electron chi connectivity index (χ1n) is 10.7. The minimum absolute atomic E-state index is 0.00723. The van der Waals surface area contributed by atoms with Gasteiger partial charge in [0.2, 0.25) is 0 Å². The zero-order valence-corrected chi connectivity index (χ0v) is 19.4. The molecule has 30 heavy (non-hydrogen) atoms. The Kier molecular flexibility index (Phi) is 5.94. The van der Waals surface area contributed by atoms with Gasteiger partial charge in [0.1, 0.15) is 24.4 Å². The highest BCUT2D eigenvalue weighted by Crippen LogP contribution is 2.43. The van der Waals surface area contributed by atoms with Gasteiger partial charge in [0, 0.05) is 11.6 Å². The van der Waals surface area contributed by atoms with E-state index in [0.717, 1.165) is 5.56 Å². The summed E-state index contributed by atoms with van der Waals surface area (Å²) in [6, 6.07) is 9.85. The molecule has 2 saturated heterocycles. The van der Waals surface area contributed by atoms with Crippen molar-refractivity contribution in [2.24, 2.45) is 0 Å². The summed E-state index contributed by atoms with van der Waals surface area (Å²) in [5, 5.41) is 0.00723. The number of hydrogen-bond acceptors (Lipinski definition) is 6. The molecule has 0 bridgehead atoms. The van der Waals surface area contributed by atoms with Crippen molar-refractivity contribution in [3.8, 4) is 0 Å². The van der Waals surface area contributed by atoms with Crippen molar-refractivity contribution in [2.75, 3.05) is 6.61 Å². The van der Waals surface area contributed by atoms with Gasteiger partial charge in [-0.2, -0.15) is 0 Å². The SMILES string of the molecule is CC(C)(C)[Si](C)(C)O[C@@H]1[C@H]2OC(=O)C=CC[C@@H]2O[C@@H]2CO[C@@H](c3ccccc3)O[C@@H]12. The van der Waals surface area contributed by atoms with Crippen molar-refractivity contribution in [1.82, 2.24) is 0 Å². The molecule has 0 N–H and O–H groups in total. The van der Waals surface area contributed by atoms with Crippen molar-refractivity contribution in [3.63, 3.8) is 0 Å². The summed E-state index contributed by atoms with van der Waals surface area (Å²) in [4.78, 5) is 12.2. The van der Waals surface area contributed by atoms with E-state index < -0.39 is 26.8 Å². The zero-order valence-electron chi connectivity index (χ0n) is 18.4. The summed E-state index contributed by atoms with van der Waals surface area (Å²) in [5.41, 5.74) is 0.948. The molecule has 3 heterocycles. The van der Waals surface area contributed by atoms with E-state index in [0.29, 0.717) is 13.0 Å². The van der Waals surface area contributed by atoms with E-state index in [1.165, 1.54) is 6.08 Å². The van der Waals surface area contributed by atoms with Crippen LogP contribution in [0, 0.1) is 0 Å². The number of esters is 1. The van der Waals surface area contributed by atoms with Gasteiger partial charge in [0.05, 0.1) is 6.61 Å². The van der Waals surface area contributed by atoms with Gasteiger partial charge in [-0.15, -0.1) is 0 Å². The first-order valence-corrected chi connectivity index (χ1v) is 13.6. The fraction of sp³-hybridized carbons (Fsp3) is 0.609. The van der Waals surface area contributed by atoms with Crippen LogP contribution in [-0.4, -0.2) is 51.4 Å². The molecular formula is C23H32O6Si. The maximum atomic E-state index is 12.2. The molecule has 3 aliphatic rings. The summed E-state index contributed by atoms with van der Waals surface area (Å²) in [6.07, 6.45) is 1.52. The summed E-state index contributed by atoms with van der Waals surface area (Å²) in [5.74, 6) is -0.361. The predicted octanol–water partition coefficient (Wildman–Crippen LogP) is 4.13. The molecule has 7 heteroatoms. The Labute approximate surface area is 179 Å². The van der Waals surface area contributed by atoms with Crippen LogP contribution in [0.1, 0.15) is 39.0 Å². The summed E-state index contributed by atoms with van der Waals surface area (Å²) in [6.45, 7) is 11.4. The number of benzene rings is 1. The third-order valence-electron chi connectivity index (χ3n) is 6.61. The van der Waals surface area contributed by atoms with E-state index in [2.05, 4.69) is 33.9 Å². The van der Waals surface area contributed by atoms with Gasteiger partial charge in [-0.3, -0.25) is 0 Å². The van der Waals surface area contributed by atoms with Crippen LogP contribution in [0.4, 0.5) is 0 Å². The molecule has 6 nitrogen and oxygen atoms in total. The Morgan fingerprint density at radius 1 is 1.03 bits per heavy atom. The molecule has 6 atom stereocenters. The highest BCUT2D eigenvalue weighted by molar-refractivity contribution is 6.74. The molecule has 0 spiro atoms. The highest BCUT2D eigenvalue weighted by atomic mass is 28.4. The largest absolute Gasteiger partial charge is 0.454 e. The number of carbonyl (C=O) groups excluding carboxylic acids is 1. The molecule has 3 aliphatic heterocycles. The van der Waals surface area contributed by atoms with Gasteiger partial charge in [-0.1, -0.05) is 57.2 Å². The first-order chi connectivity index (χ1) is 14.2. The molecule has 2 fully saturated rings. The summed E-state index contributed by atoms with van der Waals surface area (Å²) in [7, 11) is -2.17. The molecule has 4 rings (SSSR count). The lowest BCUT2D eigenvalue weighted by Gasteiger charge is -2.51. The van der Waals surface area contributed by atoms with E-state index in [1.807, 2.05) is 36.4 Å². The minimum Gasteiger partial charge on any atom is -0.454 e. The lowest BCUT2D eigenvalue weighted by atomic mass is 9.92. The molecule has 1 aromatic carbocycles. The number of carbonyl (C=O) groups is 1. The second-order valence-corrected chi connectivity index (χ2v) is 14.5. The van der Waals surface area contributed by atoms with E-state index in [-0.39, 0.29) is 29.3 Å². The van der Waals surface area contributed by atoms with Gasteiger partial charge in [-0.25, -0.2) is 4.79 Å². The molecule has 164 valence electrons.